The molecular formula is C18H23Cl2N5OS. The van der Waals surface area contributed by atoms with Gasteiger partial charge in [-0.3, -0.25) is 14.4 Å². The molecule has 1 amide bonds. The number of hydrogen-bond acceptors (Lipinski definition) is 5. The van der Waals surface area contributed by atoms with Crippen LogP contribution in [0.15, 0.2) is 24.4 Å². The SMILES string of the molecule is Cc1cn(C)nc1C(=O)N(CCCN(C)C)c1nc2c(Cl)cccc2s1.Cl. The Morgan fingerprint density at radius 3 is 2.63 bits per heavy atom. The van der Waals surface area contributed by atoms with Crippen LogP contribution in [-0.4, -0.2) is 52.8 Å². The number of carbonyl (C=O) groups is 1. The predicted octanol–water partition coefficient (Wildman–Crippen LogP) is 4.01. The lowest BCUT2D eigenvalue weighted by atomic mass is 10.2. The minimum Gasteiger partial charge on any atom is -0.309 e. The van der Waals surface area contributed by atoms with Crippen molar-refractivity contribution in [2.45, 2.75) is 13.3 Å². The minimum atomic E-state index is -0.128. The summed E-state index contributed by atoms with van der Waals surface area (Å²) in [5.74, 6) is -0.128. The summed E-state index contributed by atoms with van der Waals surface area (Å²) in [4.78, 5) is 21.6. The molecule has 6 nitrogen and oxygen atoms in total. The van der Waals surface area contributed by atoms with Gasteiger partial charge in [0, 0.05) is 25.4 Å². The van der Waals surface area contributed by atoms with Crippen LogP contribution in [0, 0.1) is 6.92 Å². The molecular weight excluding hydrogens is 405 g/mol. The summed E-state index contributed by atoms with van der Waals surface area (Å²) < 4.78 is 2.63. The van der Waals surface area contributed by atoms with Gasteiger partial charge in [-0.15, -0.1) is 12.4 Å². The third kappa shape index (κ3) is 4.79. The van der Waals surface area contributed by atoms with E-state index in [0.717, 1.165) is 28.7 Å². The molecule has 0 aliphatic carbocycles. The van der Waals surface area contributed by atoms with E-state index in [1.165, 1.54) is 11.3 Å². The van der Waals surface area contributed by atoms with Gasteiger partial charge in [0.25, 0.3) is 5.91 Å². The Morgan fingerprint density at radius 1 is 1.30 bits per heavy atom. The summed E-state index contributed by atoms with van der Waals surface area (Å²) in [7, 11) is 5.86. The minimum absolute atomic E-state index is 0. The van der Waals surface area contributed by atoms with E-state index in [1.807, 2.05) is 52.5 Å². The molecule has 0 aliphatic heterocycles. The maximum absolute atomic E-state index is 13.2. The maximum atomic E-state index is 13.2. The van der Waals surface area contributed by atoms with E-state index in [4.69, 9.17) is 11.6 Å². The molecule has 0 unspecified atom stereocenters. The number of aromatic nitrogens is 3. The Balaban J connectivity index is 0.00000261. The number of hydrogen-bond donors (Lipinski definition) is 0. The van der Waals surface area contributed by atoms with Crippen molar-refractivity contribution in [2.24, 2.45) is 7.05 Å². The number of thiazole rings is 1. The molecule has 3 rings (SSSR count). The third-order valence-corrected chi connectivity index (χ3v) is 5.38. The van der Waals surface area contributed by atoms with Crippen LogP contribution < -0.4 is 4.90 Å². The fourth-order valence-electron chi connectivity index (χ4n) is 2.79. The highest BCUT2D eigenvalue weighted by Crippen LogP contribution is 2.33. The highest BCUT2D eigenvalue weighted by Gasteiger charge is 2.25. The van der Waals surface area contributed by atoms with Gasteiger partial charge in [0.15, 0.2) is 10.8 Å². The van der Waals surface area contributed by atoms with Crippen molar-refractivity contribution < 1.29 is 4.79 Å². The Morgan fingerprint density at radius 2 is 2.04 bits per heavy atom. The quantitative estimate of drug-likeness (QED) is 0.595. The van der Waals surface area contributed by atoms with Gasteiger partial charge < -0.3 is 4.90 Å². The number of rotatable bonds is 6. The average Bonchev–Trinajstić information content (AvgIpc) is 3.14. The molecule has 0 fully saturated rings. The molecule has 2 aromatic heterocycles. The molecule has 2 heterocycles. The van der Waals surface area contributed by atoms with Crippen molar-refractivity contribution in [2.75, 3.05) is 32.1 Å². The number of aryl methyl sites for hydroxylation is 2. The van der Waals surface area contributed by atoms with Gasteiger partial charge in [0.1, 0.15) is 5.52 Å². The van der Waals surface area contributed by atoms with Crippen LogP contribution >= 0.6 is 35.3 Å². The molecule has 0 atom stereocenters. The highest BCUT2D eigenvalue weighted by molar-refractivity contribution is 7.22. The molecule has 146 valence electrons. The second-order valence-electron chi connectivity index (χ2n) is 6.53. The monoisotopic (exact) mass is 427 g/mol. The van der Waals surface area contributed by atoms with Crippen LogP contribution in [0.2, 0.25) is 5.02 Å². The number of benzene rings is 1. The summed E-state index contributed by atoms with van der Waals surface area (Å²) in [6, 6.07) is 5.68. The molecule has 0 saturated carbocycles. The number of nitrogens with zero attached hydrogens (tertiary/aromatic N) is 5. The van der Waals surface area contributed by atoms with Gasteiger partial charge >= 0.3 is 0 Å². The molecule has 0 bridgehead atoms. The molecule has 0 N–H and O–H groups in total. The third-order valence-electron chi connectivity index (χ3n) is 4.04. The van der Waals surface area contributed by atoms with Crippen LogP contribution in [0.5, 0.6) is 0 Å². The van der Waals surface area contributed by atoms with Gasteiger partial charge in [-0.1, -0.05) is 29.0 Å². The fraction of sp³-hybridized carbons (Fsp3) is 0.389. The molecule has 9 heteroatoms. The first-order valence-corrected chi connectivity index (χ1v) is 9.58. The Bertz CT molecular complexity index is 937. The second-order valence-corrected chi connectivity index (χ2v) is 7.95. The van der Waals surface area contributed by atoms with Crippen molar-refractivity contribution in [1.29, 1.82) is 0 Å². The number of halogens is 2. The predicted molar refractivity (Wildman–Crippen MR) is 115 cm³/mol. The summed E-state index contributed by atoms with van der Waals surface area (Å²) in [6.07, 6.45) is 2.69. The Hall–Kier alpha value is -1.67. The van der Waals surface area contributed by atoms with E-state index < -0.39 is 0 Å². The lowest BCUT2D eigenvalue weighted by molar-refractivity contribution is 0.0980. The number of anilines is 1. The number of amides is 1. The van der Waals surface area contributed by atoms with Crippen LogP contribution in [0.1, 0.15) is 22.5 Å². The second kappa shape index (κ2) is 9.01. The first kappa shape index (κ1) is 21.6. The van der Waals surface area contributed by atoms with E-state index in [9.17, 15) is 4.79 Å². The van der Waals surface area contributed by atoms with Gasteiger partial charge in [-0.05, 0) is 46.1 Å². The van der Waals surface area contributed by atoms with Gasteiger partial charge in [0.05, 0.1) is 9.72 Å². The standard InChI is InChI=1S/C18H22ClN5OS.ClH/c1-12-11-23(4)21-15(12)17(25)24(10-6-9-22(2)3)18-20-16-13(19)7-5-8-14(16)26-18;/h5,7-8,11H,6,9-10H2,1-4H3;1H. The Labute approximate surface area is 174 Å². The average molecular weight is 428 g/mol. The van der Waals surface area contributed by atoms with Crippen LogP contribution in [0.25, 0.3) is 10.2 Å². The van der Waals surface area contributed by atoms with E-state index in [-0.39, 0.29) is 18.3 Å². The maximum Gasteiger partial charge on any atom is 0.280 e. The zero-order valence-electron chi connectivity index (χ0n) is 15.8. The normalized spacial score (nSPS) is 11.0. The number of carbonyl (C=O) groups excluding carboxylic acids is 1. The summed E-state index contributed by atoms with van der Waals surface area (Å²) in [5, 5.41) is 5.59. The molecule has 3 aromatic rings. The van der Waals surface area contributed by atoms with Crippen molar-refractivity contribution in [3.05, 3.63) is 40.7 Å². The number of para-hydroxylation sites is 1. The summed E-state index contributed by atoms with van der Waals surface area (Å²) in [6.45, 7) is 3.36. The largest absolute Gasteiger partial charge is 0.309 e. The van der Waals surface area contributed by atoms with E-state index in [1.54, 1.807) is 9.58 Å². The Kier molecular flexibility index (Phi) is 7.22. The van der Waals surface area contributed by atoms with Gasteiger partial charge in [-0.25, -0.2) is 4.98 Å². The molecule has 0 spiro atoms. The molecule has 0 aliphatic rings. The van der Waals surface area contributed by atoms with Crippen LogP contribution in [0.3, 0.4) is 0 Å². The summed E-state index contributed by atoms with van der Waals surface area (Å²) in [5.41, 5.74) is 2.05. The van der Waals surface area contributed by atoms with E-state index in [2.05, 4.69) is 15.0 Å². The van der Waals surface area contributed by atoms with Crippen molar-refractivity contribution >= 4 is 56.6 Å². The van der Waals surface area contributed by atoms with Crippen LogP contribution in [0.4, 0.5) is 5.13 Å². The van der Waals surface area contributed by atoms with Crippen molar-refractivity contribution in [3.8, 4) is 0 Å². The van der Waals surface area contributed by atoms with Crippen LogP contribution in [-0.2, 0) is 7.05 Å². The van der Waals surface area contributed by atoms with E-state index in [0.29, 0.717) is 22.4 Å². The molecule has 0 radical (unpaired) electrons. The van der Waals surface area contributed by atoms with E-state index >= 15 is 0 Å². The zero-order valence-corrected chi connectivity index (χ0v) is 18.2. The van der Waals surface area contributed by atoms with Gasteiger partial charge in [-0.2, -0.15) is 5.10 Å². The molecule has 1 aromatic carbocycles. The fourth-order valence-corrected chi connectivity index (χ4v) is 4.08. The van der Waals surface area contributed by atoms with Crippen molar-refractivity contribution in [3.63, 3.8) is 0 Å². The smallest absolute Gasteiger partial charge is 0.280 e. The lowest BCUT2D eigenvalue weighted by Crippen LogP contribution is -2.34. The molecule has 27 heavy (non-hydrogen) atoms. The highest BCUT2D eigenvalue weighted by atomic mass is 35.5. The lowest BCUT2D eigenvalue weighted by Gasteiger charge is -2.20. The first-order chi connectivity index (χ1) is 12.4. The number of fused-ring (bicyclic) bond motifs is 1. The molecule has 0 saturated heterocycles. The van der Waals surface area contributed by atoms with Crippen molar-refractivity contribution in [1.82, 2.24) is 19.7 Å². The topological polar surface area (TPSA) is 54.3 Å². The van der Waals surface area contributed by atoms with Gasteiger partial charge in [0.2, 0.25) is 0 Å². The zero-order chi connectivity index (χ0) is 18.8. The summed E-state index contributed by atoms with van der Waals surface area (Å²) >= 11 is 7.74. The first-order valence-electron chi connectivity index (χ1n) is 8.38.